The smallest absolute Gasteiger partial charge is 0.249 e. The van der Waals surface area contributed by atoms with Crippen LogP contribution in [0.5, 0.6) is 5.75 Å². The zero-order valence-electron chi connectivity index (χ0n) is 22.2. The SMILES string of the molecule is CCC(C)(C)c1ccc(OCCCC(O)c2ccc3ccccc3c2C(N)=O)c(C(C)(C)CC)c1. The van der Waals surface area contributed by atoms with Crippen molar-refractivity contribution in [3.05, 3.63) is 76.9 Å². The third-order valence-corrected chi connectivity index (χ3v) is 7.70. The lowest BCUT2D eigenvalue weighted by Crippen LogP contribution is -2.21. The van der Waals surface area contributed by atoms with E-state index in [0.29, 0.717) is 30.6 Å². The molecule has 0 aromatic heterocycles. The van der Waals surface area contributed by atoms with Crippen molar-refractivity contribution in [2.75, 3.05) is 6.61 Å². The molecule has 0 radical (unpaired) electrons. The molecule has 3 N–H and O–H groups in total. The quantitative estimate of drug-likeness (QED) is 0.288. The Morgan fingerprint density at radius 2 is 1.66 bits per heavy atom. The first-order valence-electron chi connectivity index (χ1n) is 12.8. The average Bonchev–Trinajstić information content (AvgIpc) is 2.85. The van der Waals surface area contributed by atoms with Crippen molar-refractivity contribution in [3.8, 4) is 5.75 Å². The fourth-order valence-electron chi connectivity index (χ4n) is 4.46. The van der Waals surface area contributed by atoms with Gasteiger partial charge in [0.25, 0.3) is 0 Å². The van der Waals surface area contributed by atoms with E-state index in [1.807, 2.05) is 36.4 Å². The Morgan fingerprint density at radius 1 is 0.971 bits per heavy atom. The van der Waals surface area contributed by atoms with Gasteiger partial charge in [-0.15, -0.1) is 0 Å². The molecule has 0 saturated heterocycles. The standard InChI is InChI=1S/C31H41NO3/c1-7-30(3,4)22-16-18-27(25(20-22)31(5,6)8-2)35-19-11-14-26(33)24-17-15-21-12-9-10-13-23(21)28(24)29(32)34/h9-10,12-13,15-18,20,26,33H,7-8,11,14,19H2,1-6H3,(H2,32,34). The van der Waals surface area contributed by atoms with E-state index in [1.54, 1.807) is 0 Å². The topological polar surface area (TPSA) is 72.6 Å². The number of amides is 1. The van der Waals surface area contributed by atoms with Crippen molar-refractivity contribution in [3.63, 3.8) is 0 Å². The lowest BCUT2D eigenvalue weighted by molar-refractivity contribution is 0.0992. The fraction of sp³-hybridized carbons (Fsp3) is 0.452. The van der Waals surface area contributed by atoms with Gasteiger partial charge in [0, 0.05) is 5.56 Å². The summed E-state index contributed by atoms with van der Waals surface area (Å²) in [5.74, 6) is 0.388. The minimum atomic E-state index is -0.787. The highest BCUT2D eigenvalue weighted by Gasteiger charge is 2.26. The summed E-state index contributed by atoms with van der Waals surface area (Å²) in [7, 11) is 0. The van der Waals surface area contributed by atoms with Gasteiger partial charge in [-0.1, -0.05) is 90.1 Å². The van der Waals surface area contributed by atoms with Gasteiger partial charge in [-0.05, 0) is 64.5 Å². The third kappa shape index (κ3) is 5.87. The highest BCUT2D eigenvalue weighted by atomic mass is 16.5. The van der Waals surface area contributed by atoms with Crippen molar-refractivity contribution in [2.24, 2.45) is 5.73 Å². The molecule has 1 amide bonds. The average molecular weight is 476 g/mol. The number of carbonyl (C=O) groups excluding carboxylic acids is 1. The molecule has 35 heavy (non-hydrogen) atoms. The Morgan fingerprint density at radius 3 is 2.31 bits per heavy atom. The number of rotatable bonds is 11. The number of hydrogen-bond acceptors (Lipinski definition) is 3. The van der Waals surface area contributed by atoms with Crippen LogP contribution in [0.3, 0.4) is 0 Å². The van der Waals surface area contributed by atoms with Crippen LogP contribution in [0, 0.1) is 0 Å². The largest absolute Gasteiger partial charge is 0.493 e. The number of primary amides is 1. The Labute approximate surface area is 210 Å². The Balaban J connectivity index is 1.74. The minimum absolute atomic E-state index is 0.00381. The second-order valence-electron chi connectivity index (χ2n) is 10.8. The summed E-state index contributed by atoms with van der Waals surface area (Å²) in [6.45, 7) is 14.0. The van der Waals surface area contributed by atoms with E-state index in [2.05, 4.69) is 59.7 Å². The highest BCUT2D eigenvalue weighted by molar-refractivity contribution is 6.07. The van der Waals surface area contributed by atoms with Crippen LogP contribution in [0.2, 0.25) is 0 Å². The van der Waals surface area contributed by atoms with Crippen LogP contribution in [-0.2, 0) is 10.8 Å². The number of aliphatic hydroxyl groups is 1. The summed E-state index contributed by atoms with van der Waals surface area (Å²) >= 11 is 0. The first-order valence-corrected chi connectivity index (χ1v) is 12.8. The van der Waals surface area contributed by atoms with E-state index in [-0.39, 0.29) is 10.8 Å². The normalized spacial score (nSPS) is 13.1. The zero-order valence-corrected chi connectivity index (χ0v) is 22.2. The number of hydrogen-bond donors (Lipinski definition) is 2. The highest BCUT2D eigenvalue weighted by Crippen LogP contribution is 2.38. The predicted molar refractivity (Wildman–Crippen MR) is 145 cm³/mol. The van der Waals surface area contributed by atoms with Gasteiger partial charge in [0.05, 0.1) is 18.3 Å². The van der Waals surface area contributed by atoms with Gasteiger partial charge in [-0.2, -0.15) is 0 Å². The van der Waals surface area contributed by atoms with Crippen molar-refractivity contribution in [2.45, 2.75) is 84.2 Å². The van der Waals surface area contributed by atoms with Crippen LogP contribution in [0.1, 0.15) is 100 Å². The zero-order chi connectivity index (χ0) is 25.8. The molecule has 0 aliphatic carbocycles. The number of nitrogens with two attached hydrogens (primary N) is 1. The van der Waals surface area contributed by atoms with Crippen molar-refractivity contribution in [1.82, 2.24) is 0 Å². The van der Waals surface area contributed by atoms with E-state index in [4.69, 9.17) is 10.5 Å². The first-order chi connectivity index (χ1) is 16.5. The molecule has 0 aliphatic heterocycles. The molecular formula is C31H41NO3. The second kappa shape index (κ2) is 10.8. The molecule has 3 aromatic carbocycles. The molecule has 188 valence electrons. The lowest BCUT2D eigenvalue weighted by atomic mass is 9.76. The number of aliphatic hydroxyl groups excluding tert-OH is 1. The van der Waals surface area contributed by atoms with Gasteiger partial charge < -0.3 is 15.6 Å². The summed E-state index contributed by atoms with van der Waals surface area (Å²) in [5, 5.41) is 12.6. The van der Waals surface area contributed by atoms with Crippen LogP contribution in [0.15, 0.2) is 54.6 Å². The third-order valence-electron chi connectivity index (χ3n) is 7.70. The molecule has 0 aliphatic rings. The minimum Gasteiger partial charge on any atom is -0.493 e. The molecule has 0 heterocycles. The van der Waals surface area contributed by atoms with E-state index in [9.17, 15) is 9.90 Å². The molecule has 0 bridgehead atoms. The summed E-state index contributed by atoms with van der Waals surface area (Å²) in [6, 6.07) is 17.9. The molecule has 0 spiro atoms. The molecule has 4 heteroatoms. The Kier molecular flexibility index (Phi) is 8.27. The summed E-state index contributed by atoms with van der Waals surface area (Å²) in [4.78, 5) is 12.2. The molecule has 1 atom stereocenters. The van der Waals surface area contributed by atoms with Gasteiger partial charge in [0.15, 0.2) is 0 Å². The van der Waals surface area contributed by atoms with E-state index >= 15 is 0 Å². The predicted octanol–water partition coefficient (Wildman–Crippen LogP) is 7.21. The molecule has 1 unspecified atom stereocenters. The van der Waals surface area contributed by atoms with E-state index in [1.165, 1.54) is 11.1 Å². The van der Waals surface area contributed by atoms with E-state index in [0.717, 1.165) is 29.4 Å². The number of benzene rings is 3. The maximum absolute atomic E-state index is 12.2. The van der Waals surface area contributed by atoms with Crippen LogP contribution in [-0.4, -0.2) is 17.6 Å². The Hall–Kier alpha value is -2.85. The van der Waals surface area contributed by atoms with Gasteiger partial charge >= 0.3 is 0 Å². The molecule has 0 saturated carbocycles. The Bertz CT molecular complexity index is 1180. The molecule has 0 fully saturated rings. The van der Waals surface area contributed by atoms with Gasteiger partial charge in [0.1, 0.15) is 5.75 Å². The van der Waals surface area contributed by atoms with E-state index < -0.39 is 12.0 Å². The van der Waals surface area contributed by atoms with Crippen LogP contribution in [0.4, 0.5) is 0 Å². The first kappa shape index (κ1) is 26.7. The lowest BCUT2D eigenvalue weighted by Gasteiger charge is -2.30. The molecular weight excluding hydrogens is 434 g/mol. The fourth-order valence-corrected chi connectivity index (χ4v) is 4.46. The molecule has 3 aromatic rings. The summed E-state index contributed by atoms with van der Waals surface area (Å²) < 4.78 is 6.26. The second-order valence-corrected chi connectivity index (χ2v) is 10.8. The van der Waals surface area contributed by atoms with Gasteiger partial charge in [0.2, 0.25) is 5.91 Å². The number of ether oxygens (including phenoxy) is 1. The van der Waals surface area contributed by atoms with Crippen molar-refractivity contribution < 1.29 is 14.6 Å². The van der Waals surface area contributed by atoms with Crippen LogP contribution < -0.4 is 10.5 Å². The van der Waals surface area contributed by atoms with Crippen molar-refractivity contribution in [1.29, 1.82) is 0 Å². The molecule has 4 nitrogen and oxygen atoms in total. The summed E-state index contributed by atoms with van der Waals surface area (Å²) in [6.07, 6.45) is 2.42. The number of carbonyl (C=O) groups is 1. The number of fused-ring (bicyclic) bond motifs is 1. The maximum atomic E-state index is 12.2. The van der Waals surface area contributed by atoms with Crippen LogP contribution in [0.25, 0.3) is 10.8 Å². The van der Waals surface area contributed by atoms with Gasteiger partial charge in [-0.3, -0.25) is 4.79 Å². The molecule has 3 rings (SSSR count). The maximum Gasteiger partial charge on any atom is 0.249 e. The summed E-state index contributed by atoms with van der Waals surface area (Å²) in [5.41, 5.74) is 9.34. The van der Waals surface area contributed by atoms with Crippen LogP contribution >= 0.6 is 0 Å². The van der Waals surface area contributed by atoms with Crippen molar-refractivity contribution >= 4 is 16.7 Å². The monoisotopic (exact) mass is 475 g/mol. The van der Waals surface area contributed by atoms with Gasteiger partial charge in [-0.25, -0.2) is 0 Å².